The number of likely N-dealkylation sites (tertiary alicyclic amines) is 1. The first-order valence-corrected chi connectivity index (χ1v) is 11.5. The summed E-state index contributed by atoms with van der Waals surface area (Å²) in [5.74, 6) is -0.356. The molecule has 2 heterocycles. The number of ether oxygens (including phenoxy) is 1. The van der Waals surface area contributed by atoms with E-state index in [-0.39, 0.29) is 30.4 Å². The Morgan fingerprint density at radius 2 is 1.84 bits per heavy atom. The molecule has 2 aromatic carbocycles. The maximum Gasteiger partial charge on any atom is 0.310 e. The fourth-order valence-electron chi connectivity index (χ4n) is 4.51. The zero-order chi connectivity index (χ0) is 22.5. The molecule has 0 N–H and O–H groups in total. The van der Waals surface area contributed by atoms with Gasteiger partial charge in [-0.3, -0.25) is 14.5 Å². The molecule has 0 saturated carbocycles. The molecule has 6 nitrogen and oxygen atoms in total. The number of benzene rings is 2. The van der Waals surface area contributed by atoms with Gasteiger partial charge in [0, 0.05) is 13.0 Å². The molecule has 1 saturated heterocycles. The second-order valence-corrected chi connectivity index (χ2v) is 8.61. The summed E-state index contributed by atoms with van der Waals surface area (Å²) >= 11 is 0. The lowest BCUT2D eigenvalue weighted by atomic mass is 9.97. The minimum absolute atomic E-state index is 0.0361. The molecule has 1 amide bonds. The van der Waals surface area contributed by atoms with Crippen LogP contribution in [0, 0.1) is 12.8 Å². The highest BCUT2D eigenvalue weighted by atomic mass is 16.5. The van der Waals surface area contributed by atoms with Crippen LogP contribution in [0.1, 0.15) is 48.9 Å². The van der Waals surface area contributed by atoms with Crippen molar-refractivity contribution in [1.82, 2.24) is 9.91 Å². The second kappa shape index (κ2) is 10.1. The van der Waals surface area contributed by atoms with Gasteiger partial charge in [0.15, 0.2) is 0 Å². The van der Waals surface area contributed by atoms with Crippen molar-refractivity contribution in [2.24, 2.45) is 11.0 Å². The molecule has 32 heavy (non-hydrogen) atoms. The summed E-state index contributed by atoms with van der Waals surface area (Å²) < 4.78 is 5.20. The smallest absolute Gasteiger partial charge is 0.310 e. The lowest BCUT2D eigenvalue weighted by molar-refractivity contribution is -0.150. The maximum atomic E-state index is 13.4. The third kappa shape index (κ3) is 5.07. The Kier molecular flexibility index (Phi) is 7.00. The first kappa shape index (κ1) is 22.2. The summed E-state index contributed by atoms with van der Waals surface area (Å²) in [7, 11) is 0. The lowest BCUT2D eigenvalue weighted by Crippen LogP contribution is -2.44. The van der Waals surface area contributed by atoms with Gasteiger partial charge in [0.25, 0.3) is 5.91 Å². The van der Waals surface area contributed by atoms with Gasteiger partial charge in [-0.1, -0.05) is 60.2 Å². The third-order valence-corrected chi connectivity index (χ3v) is 6.22. The van der Waals surface area contributed by atoms with E-state index in [0.717, 1.165) is 36.2 Å². The number of piperidine rings is 1. The fraction of sp³-hybridized carbons (Fsp3) is 0.423. The van der Waals surface area contributed by atoms with Crippen LogP contribution in [-0.4, -0.2) is 53.7 Å². The van der Waals surface area contributed by atoms with Crippen molar-refractivity contribution in [3.63, 3.8) is 0 Å². The number of amides is 1. The van der Waals surface area contributed by atoms with E-state index in [1.807, 2.05) is 37.3 Å². The van der Waals surface area contributed by atoms with Crippen LogP contribution in [0.5, 0.6) is 0 Å². The number of nitrogens with zero attached hydrogens (tertiary/aromatic N) is 3. The Hall–Kier alpha value is -2.99. The van der Waals surface area contributed by atoms with Crippen LogP contribution >= 0.6 is 0 Å². The van der Waals surface area contributed by atoms with Crippen LogP contribution in [-0.2, 0) is 14.3 Å². The zero-order valence-electron chi connectivity index (χ0n) is 18.9. The number of rotatable bonds is 6. The van der Waals surface area contributed by atoms with Crippen molar-refractivity contribution >= 4 is 17.6 Å². The molecular formula is C26H31N3O3. The molecule has 2 aliphatic heterocycles. The molecule has 0 aromatic heterocycles. The Morgan fingerprint density at radius 3 is 2.56 bits per heavy atom. The average Bonchev–Trinajstić information content (AvgIpc) is 3.26. The minimum Gasteiger partial charge on any atom is -0.466 e. The molecule has 0 radical (unpaired) electrons. The molecule has 4 rings (SSSR count). The van der Waals surface area contributed by atoms with E-state index >= 15 is 0 Å². The standard InChI is InChI=1S/C26H31N3O3/c1-3-32-26(31)22-10-7-15-28(17-22)18-25(30)29-24(21-13-11-19(2)12-14-21)16-23(27-29)20-8-5-4-6-9-20/h4-6,8-9,11-14,22,24H,3,7,10,15-18H2,1-2H3/t22-,24-/m0/s1. The Balaban J connectivity index is 1.52. The number of hydrogen-bond donors (Lipinski definition) is 0. The summed E-state index contributed by atoms with van der Waals surface area (Å²) in [6.07, 6.45) is 2.39. The Labute approximate surface area is 189 Å². The van der Waals surface area contributed by atoms with Crippen LogP contribution < -0.4 is 0 Å². The quantitative estimate of drug-likeness (QED) is 0.647. The Bertz CT molecular complexity index is 972. The monoisotopic (exact) mass is 433 g/mol. The first-order valence-electron chi connectivity index (χ1n) is 11.5. The third-order valence-electron chi connectivity index (χ3n) is 6.22. The Morgan fingerprint density at radius 1 is 1.09 bits per heavy atom. The molecule has 6 heteroatoms. The maximum absolute atomic E-state index is 13.4. The fourth-order valence-corrected chi connectivity index (χ4v) is 4.51. The van der Waals surface area contributed by atoms with Gasteiger partial charge in [-0.15, -0.1) is 0 Å². The summed E-state index contributed by atoms with van der Waals surface area (Å²) in [6.45, 7) is 5.89. The number of carbonyl (C=O) groups excluding carboxylic acids is 2. The molecule has 168 valence electrons. The van der Waals surface area contributed by atoms with Crippen molar-refractivity contribution in [2.45, 2.75) is 39.2 Å². The van der Waals surface area contributed by atoms with Crippen LogP contribution in [0.25, 0.3) is 0 Å². The summed E-state index contributed by atoms with van der Waals surface area (Å²) in [6, 6.07) is 18.2. The molecule has 2 aromatic rings. The van der Waals surface area contributed by atoms with Gasteiger partial charge < -0.3 is 4.74 Å². The number of hydrogen-bond acceptors (Lipinski definition) is 5. The topological polar surface area (TPSA) is 62.2 Å². The van der Waals surface area contributed by atoms with Crippen molar-refractivity contribution in [3.05, 3.63) is 71.3 Å². The van der Waals surface area contributed by atoms with Gasteiger partial charge in [0.1, 0.15) is 0 Å². The van der Waals surface area contributed by atoms with E-state index in [1.165, 1.54) is 5.56 Å². The highest BCUT2D eigenvalue weighted by Crippen LogP contribution is 2.33. The summed E-state index contributed by atoms with van der Waals surface area (Å²) in [5, 5.41) is 6.42. The van der Waals surface area contributed by atoms with E-state index in [2.05, 4.69) is 36.1 Å². The highest BCUT2D eigenvalue weighted by Gasteiger charge is 2.35. The van der Waals surface area contributed by atoms with Crippen molar-refractivity contribution in [1.29, 1.82) is 0 Å². The van der Waals surface area contributed by atoms with E-state index in [1.54, 1.807) is 5.01 Å². The van der Waals surface area contributed by atoms with Gasteiger partial charge in [-0.2, -0.15) is 5.10 Å². The van der Waals surface area contributed by atoms with Gasteiger partial charge in [0.05, 0.1) is 30.8 Å². The second-order valence-electron chi connectivity index (χ2n) is 8.61. The predicted octanol–water partition coefficient (Wildman–Crippen LogP) is 3.95. The van der Waals surface area contributed by atoms with Crippen LogP contribution in [0.3, 0.4) is 0 Å². The predicted molar refractivity (Wildman–Crippen MR) is 124 cm³/mol. The summed E-state index contributed by atoms with van der Waals surface area (Å²) in [5.41, 5.74) is 4.24. The number of hydrazone groups is 1. The molecule has 0 spiro atoms. The van der Waals surface area contributed by atoms with E-state index in [0.29, 0.717) is 19.6 Å². The number of carbonyl (C=O) groups is 2. The van der Waals surface area contributed by atoms with E-state index < -0.39 is 0 Å². The van der Waals surface area contributed by atoms with Crippen LogP contribution in [0.2, 0.25) is 0 Å². The van der Waals surface area contributed by atoms with Gasteiger partial charge in [-0.05, 0) is 44.4 Å². The minimum atomic E-state index is -0.161. The zero-order valence-corrected chi connectivity index (χ0v) is 18.9. The van der Waals surface area contributed by atoms with E-state index in [4.69, 9.17) is 9.84 Å². The van der Waals surface area contributed by atoms with E-state index in [9.17, 15) is 9.59 Å². The summed E-state index contributed by atoms with van der Waals surface area (Å²) in [4.78, 5) is 27.7. The molecule has 1 fully saturated rings. The molecule has 0 bridgehead atoms. The largest absolute Gasteiger partial charge is 0.466 e. The number of esters is 1. The first-order chi connectivity index (χ1) is 15.5. The van der Waals surface area contributed by atoms with Crippen LogP contribution in [0.15, 0.2) is 59.7 Å². The molecule has 2 aliphatic rings. The van der Waals surface area contributed by atoms with Crippen molar-refractivity contribution in [3.8, 4) is 0 Å². The number of aryl methyl sites for hydroxylation is 1. The SMILES string of the molecule is CCOC(=O)[C@H]1CCCN(CC(=O)N2N=C(c3ccccc3)C[C@H]2c2ccc(C)cc2)C1. The van der Waals surface area contributed by atoms with Crippen molar-refractivity contribution in [2.75, 3.05) is 26.2 Å². The van der Waals surface area contributed by atoms with Gasteiger partial charge >= 0.3 is 5.97 Å². The molecule has 0 aliphatic carbocycles. The highest BCUT2D eigenvalue weighted by molar-refractivity contribution is 6.03. The normalized spacial score (nSPS) is 21.3. The molecule has 0 unspecified atom stereocenters. The molecular weight excluding hydrogens is 402 g/mol. The lowest BCUT2D eigenvalue weighted by Gasteiger charge is -2.32. The van der Waals surface area contributed by atoms with Crippen LogP contribution in [0.4, 0.5) is 0 Å². The van der Waals surface area contributed by atoms with Gasteiger partial charge in [-0.25, -0.2) is 5.01 Å². The molecule has 2 atom stereocenters. The van der Waals surface area contributed by atoms with Gasteiger partial charge in [0.2, 0.25) is 0 Å². The van der Waals surface area contributed by atoms with Crippen molar-refractivity contribution < 1.29 is 14.3 Å². The average molecular weight is 434 g/mol.